The van der Waals surface area contributed by atoms with Crippen molar-refractivity contribution < 1.29 is 0 Å². The maximum atomic E-state index is 6.15. The topological polar surface area (TPSA) is 51.6 Å². The van der Waals surface area contributed by atoms with Crippen molar-refractivity contribution >= 4 is 69.5 Å². The Labute approximate surface area is 174 Å². The molecule has 0 atom stereocenters. The quantitative estimate of drug-likeness (QED) is 0.373. The zero-order valence-corrected chi connectivity index (χ0v) is 17.2. The van der Waals surface area contributed by atoms with Gasteiger partial charge in [0.15, 0.2) is 4.34 Å². The van der Waals surface area contributed by atoms with Crippen molar-refractivity contribution in [1.29, 1.82) is 0 Å². The van der Waals surface area contributed by atoms with Crippen LogP contribution in [0.1, 0.15) is 16.3 Å². The average molecular weight is 431 g/mol. The highest BCUT2D eigenvalue weighted by Gasteiger charge is 2.13. The van der Waals surface area contributed by atoms with Gasteiger partial charge in [0.2, 0.25) is 0 Å². The maximum Gasteiger partial charge on any atom is 0.180 e. The standard InChI is InChI=1S/C19H12Cl2N4S2/c1-11-24-25-19(26-11)27-18-15(8-7-12-5-3-2-4-6-12)22-16-9-13(20)14(21)10-17(16)23-18/h2-10H,1H3/b8-7+. The van der Waals surface area contributed by atoms with Gasteiger partial charge in [-0.05, 0) is 42.5 Å². The highest BCUT2D eigenvalue weighted by molar-refractivity contribution is 8.01. The first-order chi connectivity index (χ1) is 13.1. The van der Waals surface area contributed by atoms with Crippen molar-refractivity contribution in [2.45, 2.75) is 16.3 Å². The van der Waals surface area contributed by atoms with Crippen molar-refractivity contribution in [2.24, 2.45) is 0 Å². The van der Waals surface area contributed by atoms with Gasteiger partial charge in [0, 0.05) is 0 Å². The van der Waals surface area contributed by atoms with E-state index in [0.717, 1.165) is 25.6 Å². The summed E-state index contributed by atoms with van der Waals surface area (Å²) in [6.45, 7) is 1.92. The summed E-state index contributed by atoms with van der Waals surface area (Å²) in [4.78, 5) is 9.48. The molecule has 0 saturated carbocycles. The summed E-state index contributed by atoms with van der Waals surface area (Å²) >= 11 is 15.2. The van der Waals surface area contributed by atoms with Gasteiger partial charge in [-0.15, -0.1) is 10.2 Å². The van der Waals surface area contributed by atoms with Gasteiger partial charge < -0.3 is 0 Å². The lowest BCUT2D eigenvalue weighted by molar-refractivity contribution is 0.979. The van der Waals surface area contributed by atoms with Gasteiger partial charge in [0.05, 0.1) is 26.8 Å². The second-order valence-electron chi connectivity index (χ2n) is 5.60. The molecule has 0 saturated heterocycles. The number of nitrogens with zero attached hydrogens (tertiary/aromatic N) is 4. The van der Waals surface area contributed by atoms with Crippen LogP contribution in [0.3, 0.4) is 0 Å². The Balaban J connectivity index is 1.81. The van der Waals surface area contributed by atoms with Gasteiger partial charge in [-0.25, -0.2) is 9.97 Å². The van der Waals surface area contributed by atoms with Crippen molar-refractivity contribution in [3.8, 4) is 0 Å². The van der Waals surface area contributed by atoms with E-state index >= 15 is 0 Å². The molecule has 8 heteroatoms. The van der Waals surface area contributed by atoms with Crippen molar-refractivity contribution in [1.82, 2.24) is 20.2 Å². The first kappa shape index (κ1) is 18.4. The second kappa shape index (κ2) is 7.94. The van der Waals surface area contributed by atoms with E-state index in [1.54, 1.807) is 12.1 Å². The lowest BCUT2D eigenvalue weighted by Gasteiger charge is -2.06. The number of rotatable bonds is 4. The normalized spacial score (nSPS) is 11.5. The number of halogens is 2. The Hall–Kier alpha value is -1.99. The third-order valence-electron chi connectivity index (χ3n) is 3.62. The molecule has 0 N–H and O–H groups in total. The van der Waals surface area contributed by atoms with Gasteiger partial charge in [0.25, 0.3) is 0 Å². The lowest BCUT2D eigenvalue weighted by atomic mass is 10.2. The molecule has 0 aliphatic heterocycles. The van der Waals surface area contributed by atoms with Crippen LogP contribution < -0.4 is 0 Å². The molecule has 134 valence electrons. The molecule has 0 unspecified atom stereocenters. The predicted octanol–water partition coefficient (Wildman–Crippen LogP) is 6.42. The van der Waals surface area contributed by atoms with Crippen LogP contribution in [0, 0.1) is 6.92 Å². The fourth-order valence-corrected chi connectivity index (χ4v) is 4.48. The van der Waals surface area contributed by atoms with Crippen LogP contribution >= 0.6 is 46.3 Å². The Kier molecular flexibility index (Phi) is 5.41. The summed E-state index contributed by atoms with van der Waals surface area (Å²) in [5, 5.41) is 10.8. The molecule has 4 rings (SSSR count). The van der Waals surface area contributed by atoms with E-state index in [1.807, 2.05) is 49.4 Å². The lowest BCUT2D eigenvalue weighted by Crippen LogP contribution is -1.93. The molecule has 2 aromatic carbocycles. The number of aromatic nitrogens is 4. The molecule has 0 aliphatic rings. The van der Waals surface area contributed by atoms with Crippen LogP contribution in [0.25, 0.3) is 23.2 Å². The Morgan fingerprint density at radius 2 is 1.63 bits per heavy atom. The van der Waals surface area contributed by atoms with Crippen molar-refractivity contribution in [2.75, 3.05) is 0 Å². The van der Waals surface area contributed by atoms with Gasteiger partial charge in [-0.3, -0.25) is 0 Å². The fourth-order valence-electron chi connectivity index (χ4n) is 2.37. The number of benzene rings is 2. The summed E-state index contributed by atoms with van der Waals surface area (Å²) in [6, 6.07) is 13.5. The molecular formula is C19H12Cl2N4S2. The minimum Gasteiger partial charge on any atom is -0.244 e. The molecule has 4 nitrogen and oxygen atoms in total. The van der Waals surface area contributed by atoms with E-state index in [1.165, 1.54) is 23.1 Å². The van der Waals surface area contributed by atoms with E-state index in [0.29, 0.717) is 21.1 Å². The largest absolute Gasteiger partial charge is 0.244 e. The van der Waals surface area contributed by atoms with E-state index < -0.39 is 0 Å². The van der Waals surface area contributed by atoms with Crippen molar-refractivity contribution in [3.05, 3.63) is 68.8 Å². The van der Waals surface area contributed by atoms with Crippen LogP contribution in [-0.4, -0.2) is 20.2 Å². The molecule has 27 heavy (non-hydrogen) atoms. The minimum atomic E-state index is 0.453. The van der Waals surface area contributed by atoms with Crippen molar-refractivity contribution in [3.63, 3.8) is 0 Å². The van der Waals surface area contributed by atoms with Crippen LogP contribution in [-0.2, 0) is 0 Å². The van der Waals surface area contributed by atoms with Crippen LogP contribution in [0.15, 0.2) is 51.8 Å². The summed E-state index contributed by atoms with van der Waals surface area (Å²) in [7, 11) is 0. The highest BCUT2D eigenvalue weighted by Crippen LogP contribution is 2.34. The van der Waals surface area contributed by atoms with Gasteiger partial charge in [0.1, 0.15) is 10.0 Å². The third-order valence-corrected chi connectivity index (χ3v) is 6.23. The van der Waals surface area contributed by atoms with Gasteiger partial charge in [-0.1, -0.05) is 70.9 Å². The fraction of sp³-hybridized carbons (Fsp3) is 0.0526. The zero-order chi connectivity index (χ0) is 18.8. The maximum absolute atomic E-state index is 6.15. The zero-order valence-electron chi connectivity index (χ0n) is 14.1. The number of fused-ring (bicyclic) bond motifs is 1. The van der Waals surface area contributed by atoms with E-state index in [-0.39, 0.29) is 0 Å². The number of aryl methyl sites for hydroxylation is 1. The molecule has 0 fully saturated rings. The van der Waals surface area contributed by atoms with Crippen LogP contribution in [0.4, 0.5) is 0 Å². The Morgan fingerprint density at radius 3 is 2.30 bits per heavy atom. The SMILES string of the molecule is Cc1nnc(Sc2nc3cc(Cl)c(Cl)cc3nc2/C=C/c2ccccc2)s1. The Morgan fingerprint density at radius 1 is 0.926 bits per heavy atom. The van der Waals surface area contributed by atoms with Crippen LogP contribution in [0.2, 0.25) is 10.0 Å². The molecule has 2 heterocycles. The van der Waals surface area contributed by atoms with Gasteiger partial charge in [-0.2, -0.15) is 0 Å². The number of hydrogen-bond acceptors (Lipinski definition) is 6. The van der Waals surface area contributed by atoms with Gasteiger partial charge >= 0.3 is 0 Å². The van der Waals surface area contributed by atoms with E-state index in [9.17, 15) is 0 Å². The molecule has 0 spiro atoms. The summed E-state index contributed by atoms with van der Waals surface area (Å²) in [5.41, 5.74) is 3.19. The van der Waals surface area contributed by atoms with E-state index in [2.05, 4.69) is 10.2 Å². The molecule has 0 bridgehead atoms. The van der Waals surface area contributed by atoms with Crippen LogP contribution in [0.5, 0.6) is 0 Å². The molecule has 4 aromatic rings. The monoisotopic (exact) mass is 430 g/mol. The smallest absolute Gasteiger partial charge is 0.180 e. The molecule has 2 aromatic heterocycles. The summed E-state index contributed by atoms with van der Waals surface area (Å²) < 4.78 is 0.815. The third kappa shape index (κ3) is 4.30. The molecular weight excluding hydrogens is 419 g/mol. The van der Waals surface area contributed by atoms with E-state index in [4.69, 9.17) is 33.2 Å². The predicted molar refractivity (Wildman–Crippen MR) is 114 cm³/mol. The number of hydrogen-bond donors (Lipinski definition) is 0. The molecule has 0 aliphatic carbocycles. The highest BCUT2D eigenvalue weighted by atomic mass is 35.5. The second-order valence-corrected chi connectivity index (χ2v) is 8.83. The first-order valence-corrected chi connectivity index (χ1v) is 10.4. The molecule has 0 amide bonds. The minimum absolute atomic E-state index is 0.453. The summed E-state index contributed by atoms with van der Waals surface area (Å²) in [6.07, 6.45) is 3.95. The Bertz CT molecular complexity index is 1140. The first-order valence-electron chi connectivity index (χ1n) is 7.96. The average Bonchev–Trinajstić information content (AvgIpc) is 3.07. The molecule has 0 radical (unpaired) electrons. The summed E-state index contributed by atoms with van der Waals surface area (Å²) in [5.74, 6) is 0.